The van der Waals surface area contributed by atoms with Crippen LogP contribution in [0.15, 0.2) is 67.3 Å². The normalized spacial score (nSPS) is 17.9. The first-order valence-electron chi connectivity index (χ1n) is 11.5. The quantitative estimate of drug-likeness (QED) is 0.470. The number of carbonyl (C=O) groups is 3. The topological polar surface area (TPSA) is 124 Å². The summed E-state index contributed by atoms with van der Waals surface area (Å²) >= 11 is 0. The van der Waals surface area contributed by atoms with Gasteiger partial charge >= 0.3 is 0 Å². The van der Waals surface area contributed by atoms with E-state index >= 15 is 0 Å². The zero-order valence-corrected chi connectivity index (χ0v) is 20.1. The van der Waals surface area contributed by atoms with Crippen molar-refractivity contribution in [1.82, 2.24) is 15.2 Å². The third-order valence-electron chi connectivity index (χ3n) is 6.13. The minimum atomic E-state index is -0.854. The van der Waals surface area contributed by atoms with E-state index in [9.17, 15) is 14.4 Å². The number of nitrogens with one attached hydrogen (secondary N) is 1. The number of fused-ring (bicyclic) bond motifs is 1. The molecule has 2 aromatic carbocycles. The van der Waals surface area contributed by atoms with Gasteiger partial charge in [-0.3, -0.25) is 14.4 Å². The van der Waals surface area contributed by atoms with E-state index in [4.69, 9.17) is 20.2 Å². The summed E-state index contributed by atoms with van der Waals surface area (Å²) in [5.74, 6) is -0.309. The Morgan fingerprint density at radius 3 is 2.61 bits per heavy atom. The number of amides is 3. The monoisotopic (exact) mass is 488 g/mol. The van der Waals surface area contributed by atoms with Crippen molar-refractivity contribution >= 4 is 28.6 Å². The maximum absolute atomic E-state index is 13.0. The van der Waals surface area contributed by atoms with E-state index in [-0.39, 0.29) is 13.0 Å². The van der Waals surface area contributed by atoms with E-state index in [1.165, 1.54) is 4.90 Å². The zero-order chi connectivity index (χ0) is 25.8. The molecule has 1 fully saturated rings. The number of carbonyl (C=O) groups excluding carboxylic acids is 3. The molecule has 1 saturated heterocycles. The van der Waals surface area contributed by atoms with E-state index < -0.39 is 35.9 Å². The molecular weight excluding hydrogens is 460 g/mol. The van der Waals surface area contributed by atoms with Crippen molar-refractivity contribution in [2.24, 2.45) is 5.73 Å². The van der Waals surface area contributed by atoms with Gasteiger partial charge in [-0.25, -0.2) is 4.98 Å². The average Bonchev–Trinajstić information content (AvgIpc) is 3.32. The van der Waals surface area contributed by atoms with Crippen molar-refractivity contribution in [2.45, 2.75) is 31.5 Å². The summed E-state index contributed by atoms with van der Waals surface area (Å²) in [5.41, 5.74) is 7.93. The van der Waals surface area contributed by atoms with Crippen molar-refractivity contribution in [3.63, 3.8) is 0 Å². The first-order valence-corrected chi connectivity index (χ1v) is 11.5. The van der Waals surface area contributed by atoms with Gasteiger partial charge in [0, 0.05) is 29.5 Å². The van der Waals surface area contributed by atoms with Gasteiger partial charge in [0.15, 0.2) is 0 Å². The number of benzene rings is 2. The second-order valence-electron chi connectivity index (χ2n) is 8.57. The molecule has 3 amide bonds. The van der Waals surface area contributed by atoms with Gasteiger partial charge in [-0.2, -0.15) is 0 Å². The molecule has 0 unspecified atom stereocenters. The fourth-order valence-corrected chi connectivity index (χ4v) is 4.32. The van der Waals surface area contributed by atoms with Crippen LogP contribution >= 0.6 is 0 Å². The number of aromatic nitrogens is 1. The standard InChI is InChI=1S/C27H28N4O5/c1-4-25(32)29-16(2)27(34)31-15-19(13-23(31)26(28)33)36-24-14-21(17-8-6-5-7-9-17)30-22-12-18(35-3)10-11-20(22)24/h4-12,14,16,19,23H,1,13,15H2,2-3H3,(H2,28,33)(H,29,32)/t16-,19+,23-/m0/s1. The molecule has 2 heterocycles. The number of pyridine rings is 1. The maximum Gasteiger partial charge on any atom is 0.245 e. The van der Waals surface area contributed by atoms with Gasteiger partial charge in [-0.1, -0.05) is 36.9 Å². The molecule has 0 radical (unpaired) electrons. The zero-order valence-electron chi connectivity index (χ0n) is 20.1. The molecule has 0 spiro atoms. The number of likely N-dealkylation sites (tertiary alicyclic amines) is 1. The Labute approximate surface area is 208 Å². The lowest BCUT2D eigenvalue weighted by atomic mass is 10.1. The van der Waals surface area contributed by atoms with Crippen LogP contribution in [-0.2, 0) is 14.4 Å². The fourth-order valence-electron chi connectivity index (χ4n) is 4.32. The molecule has 9 nitrogen and oxygen atoms in total. The van der Waals surface area contributed by atoms with Gasteiger partial charge < -0.3 is 25.4 Å². The summed E-state index contributed by atoms with van der Waals surface area (Å²) < 4.78 is 11.7. The smallest absolute Gasteiger partial charge is 0.245 e. The van der Waals surface area contributed by atoms with Crippen LogP contribution in [0.5, 0.6) is 11.5 Å². The van der Waals surface area contributed by atoms with Crippen LogP contribution in [0.1, 0.15) is 13.3 Å². The van der Waals surface area contributed by atoms with Crippen LogP contribution in [0.2, 0.25) is 0 Å². The van der Waals surface area contributed by atoms with Crippen LogP contribution in [0, 0.1) is 0 Å². The molecule has 4 rings (SSSR count). The number of rotatable bonds is 8. The molecule has 1 aliphatic heterocycles. The Hall–Kier alpha value is -4.40. The van der Waals surface area contributed by atoms with Gasteiger partial charge in [-0.15, -0.1) is 0 Å². The summed E-state index contributed by atoms with van der Waals surface area (Å²) in [6.45, 7) is 5.08. The van der Waals surface area contributed by atoms with Crippen LogP contribution in [-0.4, -0.2) is 59.4 Å². The number of primary amides is 1. The summed E-state index contributed by atoms with van der Waals surface area (Å²) in [4.78, 5) is 43.0. The maximum atomic E-state index is 13.0. The third-order valence-corrected chi connectivity index (χ3v) is 6.13. The lowest BCUT2D eigenvalue weighted by Gasteiger charge is -2.25. The number of hydrogen-bond acceptors (Lipinski definition) is 6. The Morgan fingerprint density at radius 1 is 1.19 bits per heavy atom. The van der Waals surface area contributed by atoms with Crippen LogP contribution in [0.3, 0.4) is 0 Å². The van der Waals surface area contributed by atoms with E-state index in [0.29, 0.717) is 22.7 Å². The van der Waals surface area contributed by atoms with Gasteiger partial charge in [0.25, 0.3) is 0 Å². The van der Waals surface area contributed by atoms with Crippen LogP contribution in [0.25, 0.3) is 22.2 Å². The number of hydrogen-bond donors (Lipinski definition) is 2. The first kappa shape index (κ1) is 24.7. The summed E-state index contributed by atoms with van der Waals surface area (Å²) in [6.07, 6.45) is 0.813. The molecule has 36 heavy (non-hydrogen) atoms. The lowest BCUT2D eigenvalue weighted by molar-refractivity contribution is -0.139. The van der Waals surface area contributed by atoms with Crippen molar-refractivity contribution in [3.8, 4) is 22.8 Å². The molecule has 0 saturated carbocycles. The highest BCUT2D eigenvalue weighted by atomic mass is 16.5. The van der Waals surface area contributed by atoms with E-state index in [1.807, 2.05) is 54.6 Å². The minimum Gasteiger partial charge on any atom is -0.497 e. The number of ether oxygens (including phenoxy) is 2. The summed E-state index contributed by atoms with van der Waals surface area (Å²) in [6, 6.07) is 15.3. The fraction of sp³-hybridized carbons (Fsp3) is 0.259. The Morgan fingerprint density at radius 2 is 1.94 bits per heavy atom. The van der Waals surface area contributed by atoms with E-state index in [2.05, 4.69) is 11.9 Å². The van der Waals surface area contributed by atoms with Gasteiger partial charge in [0.05, 0.1) is 24.9 Å². The largest absolute Gasteiger partial charge is 0.497 e. The van der Waals surface area contributed by atoms with Gasteiger partial charge in [-0.05, 0) is 25.1 Å². The molecule has 3 atom stereocenters. The highest BCUT2D eigenvalue weighted by Crippen LogP contribution is 2.34. The predicted molar refractivity (Wildman–Crippen MR) is 135 cm³/mol. The van der Waals surface area contributed by atoms with Gasteiger partial charge in [0.2, 0.25) is 17.7 Å². The van der Waals surface area contributed by atoms with Crippen LogP contribution in [0.4, 0.5) is 0 Å². The average molecular weight is 489 g/mol. The molecule has 0 bridgehead atoms. The predicted octanol–water partition coefficient (Wildman–Crippen LogP) is 2.43. The summed E-state index contributed by atoms with van der Waals surface area (Å²) in [7, 11) is 1.59. The minimum absolute atomic E-state index is 0.140. The first-order chi connectivity index (χ1) is 17.3. The van der Waals surface area contributed by atoms with Crippen molar-refractivity contribution in [3.05, 3.63) is 67.3 Å². The summed E-state index contributed by atoms with van der Waals surface area (Å²) in [5, 5.41) is 3.30. The van der Waals surface area contributed by atoms with E-state index in [0.717, 1.165) is 17.0 Å². The van der Waals surface area contributed by atoms with Crippen LogP contribution < -0.4 is 20.5 Å². The van der Waals surface area contributed by atoms with Crippen molar-refractivity contribution in [2.75, 3.05) is 13.7 Å². The molecule has 3 aromatic rings. The number of methoxy groups -OCH3 is 1. The second kappa shape index (κ2) is 10.5. The highest BCUT2D eigenvalue weighted by molar-refractivity contribution is 5.94. The number of nitrogens with zero attached hydrogens (tertiary/aromatic N) is 2. The Balaban J connectivity index is 1.65. The van der Waals surface area contributed by atoms with Crippen molar-refractivity contribution in [1.29, 1.82) is 0 Å². The molecule has 1 aliphatic rings. The lowest BCUT2D eigenvalue weighted by Crippen LogP contribution is -2.51. The Kier molecular flexibility index (Phi) is 7.19. The molecule has 3 N–H and O–H groups in total. The molecule has 0 aliphatic carbocycles. The highest BCUT2D eigenvalue weighted by Gasteiger charge is 2.41. The molecule has 186 valence electrons. The molecule has 1 aromatic heterocycles. The third kappa shape index (κ3) is 5.14. The molecular formula is C27H28N4O5. The molecule has 9 heteroatoms. The SMILES string of the molecule is C=CC(=O)N[C@@H](C)C(=O)N1C[C@H](Oc2cc(-c3ccccc3)nc3cc(OC)ccc23)C[C@H]1C(N)=O. The Bertz CT molecular complexity index is 1310. The van der Waals surface area contributed by atoms with E-state index in [1.54, 1.807) is 14.0 Å². The van der Waals surface area contributed by atoms with Crippen molar-refractivity contribution < 1.29 is 23.9 Å². The number of nitrogens with two attached hydrogens (primary N) is 1. The second-order valence-corrected chi connectivity index (χ2v) is 8.57. The van der Waals surface area contributed by atoms with Gasteiger partial charge in [0.1, 0.15) is 29.7 Å².